The maximum atomic E-state index is 11.9. The van der Waals surface area contributed by atoms with E-state index in [1.807, 2.05) is 0 Å². The van der Waals surface area contributed by atoms with Gasteiger partial charge in [-0.2, -0.15) is 0 Å². The molecule has 0 radical (unpaired) electrons. The molecule has 3 N–H and O–H groups in total. The van der Waals surface area contributed by atoms with Crippen LogP contribution < -0.4 is 30.4 Å². The second-order valence-corrected chi connectivity index (χ2v) is 6.61. The smallest absolute Gasteiger partial charge is 0.276 e. The van der Waals surface area contributed by atoms with Crippen LogP contribution in [0.3, 0.4) is 0 Å². The molecular formula is C18H17Cl2N3O5S. The standard InChI is InChI=1S/C18H17Cl2N3O5S/c1-26-14-4-2-3-5-15(14)28-9-16(24)21-18(29)23-22-17(25)10-27-13-7-6-11(19)8-12(13)20/h2-8H,9-10H2,1H3,(H,22,25)(H2,21,23,24,29). The van der Waals surface area contributed by atoms with Crippen molar-refractivity contribution in [3.63, 3.8) is 0 Å². The molecule has 0 heterocycles. The predicted molar refractivity (Wildman–Crippen MR) is 112 cm³/mol. The van der Waals surface area contributed by atoms with Gasteiger partial charge in [-0.05, 0) is 42.5 Å². The van der Waals surface area contributed by atoms with Crippen LogP contribution in [0.5, 0.6) is 17.2 Å². The van der Waals surface area contributed by atoms with Gasteiger partial charge in [0, 0.05) is 5.02 Å². The zero-order valence-corrected chi connectivity index (χ0v) is 17.5. The maximum absolute atomic E-state index is 11.9. The van der Waals surface area contributed by atoms with Gasteiger partial charge in [0.2, 0.25) is 0 Å². The van der Waals surface area contributed by atoms with Gasteiger partial charge in [-0.15, -0.1) is 0 Å². The number of halogens is 2. The van der Waals surface area contributed by atoms with Crippen molar-refractivity contribution in [3.8, 4) is 17.2 Å². The van der Waals surface area contributed by atoms with Crippen molar-refractivity contribution in [1.29, 1.82) is 0 Å². The van der Waals surface area contributed by atoms with Crippen LogP contribution in [0.4, 0.5) is 0 Å². The van der Waals surface area contributed by atoms with Gasteiger partial charge in [-0.25, -0.2) is 0 Å². The van der Waals surface area contributed by atoms with Gasteiger partial charge < -0.3 is 14.2 Å². The highest BCUT2D eigenvalue weighted by Gasteiger charge is 2.10. The van der Waals surface area contributed by atoms with E-state index < -0.39 is 11.8 Å². The molecule has 0 aliphatic carbocycles. The van der Waals surface area contributed by atoms with E-state index in [0.29, 0.717) is 22.3 Å². The number of hydrazine groups is 1. The molecule has 0 atom stereocenters. The molecule has 0 fully saturated rings. The Morgan fingerprint density at radius 1 is 0.931 bits per heavy atom. The normalized spacial score (nSPS) is 9.90. The van der Waals surface area contributed by atoms with E-state index in [9.17, 15) is 9.59 Å². The lowest BCUT2D eigenvalue weighted by Crippen LogP contribution is -2.50. The van der Waals surface area contributed by atoms with E-state index in [-0.39, 0.29) is 23.3 Å². The zero-order valence-electron chi connectivity index (χ0n) is 15.2. The summed E-state index contributed by atoms with van der Waals surface area (Å²) in [7, 11) is 1.49. The molecule has 0 spiro atoms. The second kappa shape index (κ2) is 11.3. The third-order valence-electron chi connectivity index (χ3n) is 3.25. The lowest BCUT2D eigenvalue weighted by molar-refractivity contribution is -0.124. The monoisotopic (exact) mass is 457 g/mol. The summed E-state index contributed by atoms with van der Waals surface area (Å²) in [4.78, 5) is 23.7. The van der Waals surface area contributed by atoms with Gasteiger partial charge in [0.1, 0.15) is 5.75 Å². The molecule has 11 heteroatoms. The van der Waals surface area contributed by atoms with Crippen LogP contribution in [0, 0.1) is 0 Å². The third-order valence-corrected chi connectivity index (χ3v) is 3.98. The van der Waals surface area contributed by atoms with E-state index in [4.69, 9.17) is 49.6 Å². The fourth-order valence-electron chi connectivity index (χ4n) is 1.97. The minimum Gasteiger partial charge on any atom is -0.493 e. The number of nitrogens with one attached hydrogen (secondary N) is 3. The highest BCUT2D eigenvalue weighted by Crippen LogP contribution is 2.27. The highest BCUT2D eigenvalue weighted by molar-refractivity contribution is 7.80. The Morgan fingerprint density at radius 2 is 1.59 bits per heavy atom. The summed E-state index contributed by atoms with van der Waals surface area (Å²) in [6.07, 6.45) is 0. The van der Waals surface area contributed by atoms with Crippen molar-refractivity contribution >= 4 is 52.3 Å². The molecule has 0 saturated heterocycles. The van der Waals surface area contributed by atoms with Gasteiger partial charge in [-0.1, -0.05) is 35.3 Å². The fourth-order valence-corrected chi connectivity index (χ4v) is 2.60. The van der Waals surface area contributed by atoms with Crippen LogP contribution in [0.2, 0.25) is 10.0 Å². The largest absolute Gasteiger partial charge is 0.493 e. The number of thiocarbonyl (C=S) groups is 1. The first-order valence-corrected chi connectivity index (χ1v) is 9.27. The molecule has 2 amide bonds. The number of methoxy groups -OCH3 is 1. The van der Waals surface area contributed by atoms with Crippen molar-refractivity contribution in [3.05, 3.63) is 52.5 Å². The molecule has 29 heavy (non-hydrogen) atoms. The molecule has 0 aliphatic heterocycles. The summed E-state index contributed by atoms with van der Waals surface area (Å²) in [5.41, 5.74) is 4.66. The second-order valence-electron chi connectivity index (χ2n) is 5.35. The van der Waals surface area contributed by atoms with Crippen molar-refractivity contribution < 1.29 is 23.8 Å². The molecule has 2 aromatic rings. The first kappa shape index (κ1) is 22.5. The first-order chi connectivity index (χ1) is 13.9. The summed E-state index contributed by atoms with van der Waals surface area (Å²) >= 11 is 16.7. The summed E-state index contributed by atoms with van der Waals surface area (Å²) in [5.74, 6) is 0.143. The van der Waals surface area contributed by atoms with Gasteiger partial charge >= 0.3 is 0 Å². The number of hydrogen-bond donors (Lipinski definition) is 3. The lowest BCUT2D eigenvalue weighted by Gasteiger charge is -2.13. The zero-order chi connectivity index (χ0) is 21.2. The van der Waals surface area contributed by atoms with Gasteiger partial charge in [-0.3, -0.25) is 25.8 Å². The number of hydrogen-bond acceptors (Lipinski definition) is 6. The van der Waals surface area contributed by atoms with Crippen LogP contribution in [0.25, 0.3) is 0 Å². The van der Waals surface area contributed by atoms with Gasteiger partial charge in [0.05, 0.1) is 12.1 Å². The molecule has 0 aromatic heterocycles. The van der Waals surface area contributed by atoms with Gasteiger partial charge in [0.25, 0.3) is 11.8 Å². The van der Waals surface area contributed by atoms with E-state index in [1.165, 1.54) is 19.2 Å². The Kier molecular flexibility index (Phi) is 8.78. The molecular weight excluding hydrogens is 441 g/mol. The Balaban J connectivity index is 1.69. The quantitative estimate of drug-likeness (QED) is 0.433. The first-order valence-electron chi connectivity index (χ1n) is 8.11. The molecule has 8 nitrogen and oxygen atoms in total. The number of para-hydroxylation sites is 2. The van der Waals surface area contributed by atoms with E-state index in [1.54, 1.807) is 30.3 Å². The van der Waals surface area contributed by atoms with E-state index in [2.05, 4.69) is 16.2 Å². The van der Waals surface area contributed by atoms with Crippen molar-refractivity contribution in [2.45, 2.75) is 0 Å². The Bertz CT molecular complexity index is 898. The van der Waals surface area contributed by atoms with Crippen molar-refractivity contribution in [2.75, 3.05) is 20.3 Å². The van der Waals surface area contributed by atoms with Crippen LogP contribution in [-0.2, 0) is 9.59 Å². The number of benzene rings is 2. The summed E-state index contributed by atoms with van der Waals surface area (Å²) in [5, 5.41) is 2.96. The third kappa shape index (κ3) is 7.65. The van der Waals surface area contributed by atoms with Crippen LogP contribution in [-0.4, -0.2) is 37.3 Å². The molecule has 2 aromatic carbocycles. The molecule has 2 rings (SSSR count). The van der Waals surface area contributed by atoms with Crippen molar-refractivity contribution in [1.82, 2.24) is 16.2 Å². The maximum Gasteiger partial charge on any atom is 0.276 e. The fraction of sp³-hybridized carbons (Fsp3) is 0.167. The Morgan fingerprint density at radius 3 is 2.28 bits per heavy atom. The van der Waals surface area contributed by atoms with Crippen LogP contribution in [0.15, 0.2) is 42.5 Å². The SMILES string of the molecule is COc1ccccc1OCC(=O)NC(=S)NNC(=O)COc1ccc(Cl)cc1Cl. The van der Waals surface area contributed by atoms with E-state index >= 15 is 0 Å². The average Bonchev–Trinajstić information content (AvgIpc) is 2.70. The highest BCUT2D eigenvalue weighted by atomic mass is 35.5. The molecule has 0 saturated carbocycles. The summed E-state index contributed by atoms with van der Waals surface area (Å²) in [6, 6.07) is 11.5. The molecule has 154 valence electrons. The van der Waals surface area contributed by atoms with Crippen molar-refractivity contribution in [2.24, 2.45) is 0 Å². The molecule has 0 aliphatic rings. The minimum absolute atomic E-state index is 0.114. The number of ether oxygens (including phenoxy) is 3. The summed E-state index contributed by atoms with van der Waals surface area (Å²) < 4.78 is 15.8. The summed E-state index contributed by atoms with van der Waals surface area (Å²) in [6.45, 7) is -0.629. The predicted octanol–water partition coefficient (Wildman–Crippen LogP) is 2.48. The topological polar surface area (TPSA) is 97.9 Å². The lowest BCUT2D eigenvalue weighted by atomic mass is 10.3. The van der Waals surface area contributed by atoms with Crippen LogP contribution in [0.1, 0.15) is 0 Å². The minimum atomic E-state index is -0.544. The van der Waals surface area contributed by atoms with Crippen LogP contribution >= 0.6 is 35.4 Å². The number of rotatable bonds is 7. The van der Waals surface area contributed by atoms with Gasteiger partial charge in [0.15, 0.2) is 29.8 Å². The average molecular weight is 458 g/mol. The number of amides is 2. The number of carbonyl (C=O) groups is 2. The Hall–Kier alpha value is -2.75. The number of carbonyl (C=O) groups excluding carboxylic acids is 2. The Labute approximate surface area is 182 Å². The molecule has 0 unspecified atom stereocenters. The molecule has 0 bridgehead atoms. The van der Waals surface area contributed by atoms with E-state index in [0.717, 1.165) is 0 Å².